The van der Waals surface area contributed by atoms with Crippen molar-refractivity contribution in [2.75, 3.05) is 20.2 Å². The molecule has 0 bridgehead atoms. The molecule has 144 valence electrons. The maximum Gasteiger partial charge on any atom is 0.269 e. The molecular weight excluding hydrogens is 376 g/mol. The molecule has 0 fully saturated rings. The molecule has 0 atom stereocenters. The summed E-state index contributed by atoms with van der Waals surface area (Å²) in [5, 5.41) is 21.6. The number of nitro benzene ring substituents is 1. The molecule has 28 heavy (non-hydrogen) atoms. The third-order valence-corrected chi connectivity index (χ3v) is 5.27. The van der Waals surface area contributed by atoms with E-state index in [2.05, 4.69) is 0 Å². The molecule has 0 radical (unpaired) electrons. The summed E-state index contributed by atoms with van der Waals surface area (Å²) in [6.07, 6.45) is 0. The largest absolute Gasteiger partial charge is 0.395 e. The Balaban J connectivity index is 2.43. The topological polar surface area (TPSA) is 66.6 Å². The number of aliphatic hydroxyl groups excluding tert-OH is 1. The van der Waals surface area contributed by atoms with Crippen LogP contribution in [0.5, 0.6) is 0 Å². The van der Waals surface area contributed by atoms with Crippen molar-refractivity contribution in [2.45, 2.75) is 5.54 Å². The van der Waals surface area contributed by atoms with Crippen molar-refractivity contribution in [2.24, 2.45) is 0 Å². The quantitative estimate of drug-likeness (QED) is 0.363. The van der Waals surface area contributed by atoms with Crippen LogP contribution in [0.15, 0.2) is 78.9 Å². The SMILES string of the molecule is CN(CCO)C(c1ccccc1)(c1ccccc1)c1cc([N+](=O)[O-])ccc1Cl. The molecule has 3 aromatic carbocycles. The number of halogens is 1. The Bertz CT molecular complexity index is 909. The zero-order valence-corrected chi connectivity index (χ0v) is 16.2. The Labute approximate surface area is 169 Å². The van der Waals surface area contributed by atoms with Crippen molar-refractivity contribution in [3.05, 3.63) is 111 Å². The van der Waals surface area contributed by atoms with Crippen molar-refractivity contribution in [1.29, 1.82) is 0 Å². The summed E-state index contributed by atoms with van der Waals surface area (Å²) >= 11 is 6.62. The Hall–Kier alpha value is -2.73. The van der Waals surface area contributed by atoms with Gasteiger partial charge in [0.25, 0.3) is 5.69 Å². The highest BCUT2D eigenvalue weighted by molar-refractivity contribution is 6.31. The van der Waals surface area contributed by atoms with Crippen LogP contribution >= 0.6 is 11.6 Å². The summed E-state index contributed by atoms with van der Waals surface area (Å²) in [5.41, 5.74) is 1.46. The summed E-state index contributed by atoms with van der Waals surface area (Å²) < 4.78 is 0. The van der Waals surface area contributed by atoms with Crippen molar-refractivity contribution in [1.82, 2.24) is 4.90 Å². The number of benzene rings is 3. The normalized spacial score (nSPS) is 11.6. The van der Waals surface area contributed by atoms with E-state index in [1.807, 2.05) is 72.6 Å². The van der Waals surface area contributed by atoms with E-state index in [1.165, 1.54) is 12.1 Å². The van der Waals surface area contributed by atoms with Gasteiger partial charge in [0.05, 0.1) is 17.1 Å². The Morgan fingerprint density at radius 3 is 2.00 bits per heavy atom. The lowest BCUT2D eigenvalue weighted by molar-refractivity contribution is -0.385. The fraction of sp³-hybridized carbons (Fsp3) is 0.182. The second-order valence-electron chi connectivity index (χ2n) is 6.51. The number of nitro groups is 1. The molecule has 0 heterocycles. The highest BCUT2D eigenvalue weighted by Gasteiger charge is 2.42. The van der Waals surface area contributed by atoms with E-state index in [-0.39, 0.29) is 12.3 Å². The van der Waals surface area contributed by atoms with Gasteiger partial charge in [0, 0.05) is 29.3 Å². The molecule has 0 unspecified atom stereocenters. The molecule has 6 heteroatoms. The number of nitrogens with zero attached hydrogens (tertiary/aromatic N) is 2. The maximum absolute atomic E-state index is 11.5. The monoisotopic (exact) mass is 396 g/mol. The third kappa shape index (κ3) is 3.52. The van der Waals surface area contributed by atoms with Crippen molar-refractivity contribution < 1.29 is 10.0 Å². The van der Waals surface area contributed by atoms with Crippen LogP contribution in [0.4, 0.5) is 5.69 Å². The predicted octanol–water partition coefficient (Wildman–Crippen LogP) is 4.46. The van der Waals surface area contributed by atoms with E-state index in [9.17, 15) is 15.2 Å². The fourth-order valence-electron chi connectivity index (χ4n) is 3.70. The minimum absolute atomic E-state index is 0.0342. The number of hydrogen-bond acceptors (Lipinski definition) is 4. The van der Waals surface area contributed by atoms with Gasteiger partial charge in [-0.3, -0.25) is 15.0 Å². The van der Waals surface area contributed by atoms with Crippen molar-refractivity contribution >= 4 is 17.3 Å². The molecule has 0 aliphatic carbocycles. The molecule has 0 spiro atoms. The van der Waals surface area contributed by atoms with Crippen LogP contribution in [-0.2, 0) is 5.54 Å². The van der Waals surface area contributed by atoms with Gasteiger partial charge in [-0.2, -0.15) is 0 Å². The number of rotatable bonds is 7. The number of aliphatic hydroxyl groups is 1. The van der Waals surface area contributed by atoms with Gasteiger partial charge in [-0.1, -0.05) is 72.3 Å². The minimum Gasteiger partial charge on any atom is -0.395 e. The first-order valence-electron chi connectivity index (χ1n) is 8.89. The highest BCUT2D eigenvalue weighted by atomic mass is 35.5. The summed E-state index contributed by atoms with van der Waals surface area (Å²) in [4.78, 5) is 13.0. The zero-order chi connectivity index (χ0) is 20.1. The van der Waals surface area contributed by atoms with E-state index in [0.29, 0.717) is 17.1 Å². The van der Waals surface area contributed by atoms with E-state index in [4.69, 9.17) is 11.6 Å². The fourth-order valence-corrected chi connectivity index (χ4v) is 3.96. The minimum atomic E-state index is -0.908. The molecule has 0 amide bonds. The molecule has 3 rings (SSSR count). The molecule has 5 nitrogen and oxygen atoms in total. The van der Waals surface area contributed by atoms with E-state index < -0.39 is 10.5 Å². The molecule has 0 aliphatic rings. The molecule has 0 aliphatic heterocycles. The molecule has 3 aromatic rings. The van der Waals surface area contributed by atoms with Crippen molar-refractivity contribution in [3.63, 3.8) is 0 Å². The van der Waals surface area contributed by atoms with Gasteiger partial charge in [-0.05, 0) is 24.2 Å². The van der Waals surface area contributed by atoms with Crippen LogP contribution in [0.25, 0.3) is 0 Å². The molecule has 0 aromatic heterocycles. The highest BCUT2D eigenvalue weighted by Crippen LogP contribution is 2.45. The van der Waals surface area contributed by atoms with Crippen LogP contribution in [0.2, 0.25) is 5.02 Å². The second-order valence-corrected chi connectivity index (χ2v) is 6.92. The first-order chi connectivity index (χ1) is 13.5. The Morgan fingerprint density at radius 2 is 1.54 bits per heavy atom. The van der Waals surface area contributed by atoms with Crippen LogP contribution in [0.3, 0.4) is 0 Å². The van der Waals surface area contributed by atoms with Gasteiger partial charge in [0.2, 0.25) is 0 Å². The average Bonchev–Trinajstić information content (AvgIpc) is 2.71. The van der Waals surface area contributed by atoms with Gasteiger partial charge < -0.3 is 5.11 Å². The third-order valence-electron chi connectivity index (χ3n) is 4.94. The Kier molecular flexibility index (Phi) is 6.09. The standard InChI is InChI=1S/C22H21ClN2O3/c1-24(14-15-26)22(17-8-4-2-5-9-17,18-10-6-3-7-11-18)20-16-19(25(27)28)12-13-21(20)23/h2-13,16,26H,14-15H2,1H3. The molecular formula is C22H21ClN2O3. The average molecular weight is 397 g/mol. The van der Waals surface area contributed by atoms with Gasteiger partial charge in [0.1, 0.15) is 0 Å². The molecule has 0 saturated heterocycles. The van der Waals surface area contributed by atoms with Crippen LogP contribution < -0.4 is 0 Å². The van der Waals surface area contributed by atoms with E-state index >= 15 is 0 Å². The lowest BCUT2D eigenvalue weighted by Gasteiger charge is -2.43. The molecule has 1 N–H and O–H groups in total. The van der Waals surface area contributed by atoms with Gasteiger partial charge in [-0.15, -0.1) is 0 Å². The first kappa shape index (κ1) is 20.0. The van der Waals surface area contributed by atoms with Gasteiger partial charge in [0.15, 0.2) is 0 Å². The van der Waals surface area contributed by atoms with Crippen LogP contribution in [0, 0.1) is 10.1 Å². The predicted molar refractivity (Wildman–Crippen MR) is 111 cm³/mol. The van der Waals surface area contributed by atoms with Crippen LogP contribution in [0.1, 0.15) is 16.7 Å². The molecule has 0 saturated carbocycles. The smallest absolute Gasteiger partial charge is 0.269 e. The second kappa shape index (κ2) is 8.52. The summed E-state index contributed by atoms with van der Waals surface area (Å²) in [6.45, 7) is 0.285. The Morgan fingerprint density at radius 1 is 1.00 bits per heavy atom. The zero-order valence-electron chi connectivity index (χ0n) is 15.5. The van der Waals surface area contributed by atoms with Gasteiger partial charge in [-0.25, -0.2) is 0 Å². The number of likely N-dealkylation sites (N-methyl/N-ethyl adjacent to an activating group) is 1. The maximum atomic E-state index is 11.5. The van der Waals surface area contributed by atoms with Gasteiger partial charge >= 0.3 is 0 Å². The van der Waals surface area contributed by atoms with Crippen molar-refractivity contribution in [3.8, 4) is 0 Å². The summed E-state index contributed by atoms with van der Waals surface area (Å²) in [6, 6.07) is 23.9. The lowest BCUT2D eigenvalue weighted by Crippen LogP contribution is -2.47. The number of hydrogen-bond donors (Lipinski definition) is 1. The lowest BCUT2D eigenvalue weighted by atomic mass is 9.75. The number of non-ortho nitro benzene ring substituents is 1. The van der Waals surface area contributed by atoms with E-state index in [1.54, 1.807) is 6.07 Å². The summed E-state index contributed by atoms with van der Waals surface area (Å²) in [5.74, 6) is 0. The first-order valence-corrected chi connectivity index (χ1v) is 9.27. The van der Waals surface area contributed by atoms with Crippen LogP contribution in [-0.4, -0.2) is 35.1 Å². The van der Waals surface area contributed by atoms with E-state index in [0.717, 1.165) is 11.1 Å². The summed E-state index contributed by atoms with van der Waals surface area (Å²) in [7, 11) is 1.88.